The second kappa shape index (κ2) is 9.93. The maximum atomic E-state index is 8.88. The van der Waals surface area contributed by atoms with E-state index >= 15 is 0 Å². The molecule has 0 aromatic heterocycles. The molecule has 12 nitrogen and oxygen atoms in total. The first-order chi connectivity index (χ1) is 6.00. The van der Waals surface area contributed by atoms with E-state index in [0.29, 0.717) is 0 Å². The molecule has 16 heteroatoms. The number of phosphoric acid groups is 3. The summed E-state index contributed by atoms with van der Waals surface area (Å²) in [5.74, 6) is 0. The summed E-state index contributed by atoms with van der Waals surface area (Å²) < 4.78 is 26.6. The third kappa shape index (κ3) is 3200. The van der Waals surface area contributed by atoms with Crippen LogP contribution in [0, 0.1) is 0 Å². The maximum absolute atomic E-state index is 8.88. The predicted molar refractivity (Wildman–Crippen MR) is 42.8 cm³/mol. The van der Waals surface area contributed by atoms with Gasteiger partial charge in [0.2, 0.25) is 0 Å². The maximum Gasteiger partial charge on any atom is 0.466 e. The molecule has 0 aliphatic rings. The summed E-state index contributed by atoms with van der Waals surface area (Å²) in [6.45, 7) is 0. The first kappa shape index (κ1) is 25.7. The predicted octanol–water partition coefficient (Wildman–Crippen LogP) is -2.79. The topological polar surface area (TPSA) is 233 Å². The summed E-state index contributed by atoms with van der Waals surface area (Å²) in [4.78, 5) is 64.7. The molecule has 0 unspecified atom stereocenters. The standard InChI is InChI=1S/3H3O4P.Ru/c3*1-5(2,3)4;/h3*(H3,1,2,3,4);. The largest absolute Gasteiger partial charge is 0.466 e. The molecular weight excluding hydrogens is 386 g/mol. The minimum atomic E-state index is -4.64. The fourth-order valence-corrected chi connectivity index (χ4v) is 0. The second-order valence-corrected chi connectivity index (χ2v) is 4.62. The van der Waals surface area contributed by atoms with Gasteiger partial charge in [-0.25, -0.2) is 13.7 Å². The zero-order valence-corrected chi connectivity index (χ0v) is 11.4. The van der Waals surface area contributed by atoms with Crippen LogP contribution in [0.1, 0.15) is 0 Å². The van der Waals surface area contributed by atoms with Crippen molar-refractivity contribution in [3.05, 3.63) is 0 Å². The van der Waals surface area contributed by atoms with Crippen LogP contribution < -0.4 is 0 Å². The number of hydrogen-bond donors (Lipinski definition) is 9. The van der Waals surface area contributed by atoms with Crippen LogP contribution in [0.15, 0.2) is 0 Å². The molecule has 0 aromatic rings. The number of rotatable bonds is 0. The molecule has 0 aromatic carbocycles. The summed E-state index contributed by atoms with van der Waals surface area (Å²) in [5, 5.41) is 0. The van der Waals surface area contributed by atoms with Crippen molar-refractivity contribution in [3.8, 4) is 0 Å². The molecule has 0 saturated heterocycles. The zero-order valence-electron chi connectivity index (χ0n) is 6.94. The van der Waals surface area contributed by atoms with E-state index in [2.05, 4.69) is 0 Å². The molecule has 0 fully saturated rings. The molecule has 0 aliphatic heterocycles. The van der Waals surface area contributed by atoms with Gasteiger partial charge in [0.25, 0.3) is 0 Å². The van der Waals surface area contributed by atoms with Gasteiger partial charge >= 0.3 is 23.5 Å². The van der Waals surface area contributed by atoms with Crippen LogP contribution in [-0.4, -0.2) is 44.0 Å². The van der Waals surface area contributed by atoms with Crippen LogP contribution >= 0.6 is 23.5 Å². The summed E-state index contributed by atoms with van der Waals surface area (Å²) in [6, 6.07) is 0. The van der Waals surface area contributed by atoms with Gasteiger partial charge in [-0.05, 0) is 0 Å². The Morgan fingerprint density at radius 2 is 0.438 bits per heavy atom. The van der Waals surface area contributed by atoms with Gasteiger partial charge in [-0.2, -0.15) is 0 Å². The molecule has 0 saturated carbocycles. The van der Waals surface area contributed by atoms with E-state index in [-0.39, 0.29) is 19.5 Å². The third-order valence-corrected chi connectivity index (χ3v) is 0. The van der Waals surface area contributed by atoms with Crippen molar-refractivity contribution < 1.29 is 77.2 Å². The molecule has 16 heavy (non-hydrogen) atoms. The van der Waals surface area contributed by atoms with Gasteiger partial charge in [-0.1, -0.05) is 0 Å². The Morgan fingerprint density at radius 3 is 0.438 bits per heavy atom. The average molecular weight is 395 g/mol. The van der Waals surface area contributed by atoms with E-state index in [4.69, 9.17) is 57.7 Å². The molecule has 0 aliphatic carbocycles. The fraction of sp³-hybridized carbons (Fsp3) is 0. The van der Waals surface area contributed by atoms with Gasteiger partial charge < -0.3 is 44.0 Å². The van der Waals surface area contributed by atoms with Crippen LogP contribution in [0.4, 0.5) is 0 Å². The molecule has 0 rings (SSSR count). The van der Waals surface area contributed by atoms with Crippen LogP contribution in [0.25, 0.3) is 0 Å². The minimum Gasteiger partial charge on any atom is -0.303 e. The van der Waals surface area contributed by atoms with Crippen LogP contribution in [0.2, 0.25) is 0 Å². The Labute approximate surface area is 101 Å². The average Bonchev–Trinajstić information content (AvgIpc) is 1.41. The zero-order chi connectivity index (χ0) is 13.5. The van der Waals surface area contributed by atoms with E-state index < -0.39 is 23.5 Å². The van der Waals surface area contributed by atoms with E-state index in [1.54, 1.807) is 0 Å². The fourth-order valence-electron chi connectivity index (χ4n) is 0. The van der Waals surface area contributed by atoms with Crippen LogP contribution in [0.3, 0.4) is 0 Å². The third-order valence-electron chi connectivity index (χ3n) is 0. The summed E-state index contributed by atoms with van der Waals surface area (Å²) in [5.41, 5.74) is 0. The molecule has 0 bridgehead atoms. The van der Waals surface area contributed by atoms with E-state index in [9.17, 15) is 0 Å². The first-order valence-electron chi connectivity index (χ1n) is 2.35. The van der Waals surface area contributed by atoms with Crippen LogP contribution in [-0.2, 0) is 33.2 Å². The van der Waals surface area contributed by atoms with Crippen molar-refractivity contribution >= 4 is 23.5 Å². The van der Waals surface area contributed by atoms with Gasteiger partial charge in [-0.15, -0.1) is 0 Å². The SMILES string of the molecule is O=P(O)(O)O.O=P(O)(O)O.O=P(O)(O)O.[Ru]. The van der Waals surface area contributed by atoms with Gasteiger partial charge in [0, 0.05) is 19.5 Å². The number of hydrogen-bond acceptors (Lipinski definition) is 3. The molecule has 0 spiro atoms. The summed E-state index contributed by atoms with van der Waals surface area (Å²) >= 11 is 0. The van der Waals surface area contributed by atoms with Crippen molar-refractivity contribution in [3.63, 3.8) is 0 Å². The van der Waals surface area contributed by atoms with Gasteiger partial charge in [0.05, 0.1) is 0 Å². The first-order valence-corrected chi connectivity index (χ1v) is 7.04. The van der Waals surface area contributed by atoms with Crippen molar-refractivity contribution in [2.24, 2.45) is 0 Å². The summed E-state index contributed by atoms with van der Waals surface area (Å²) in [7, 11) is -13.9. The molecule has 0 radical (unpaired) electrons. The minimum absolute atomic E-state index is 0. The monoisotopic (exact) mass is 396 g/mol. The Morgan fingerprint density at radius 1 is 0.438 bits per heavy atom. The second-order valence-electron chi connectivity index (χ2n) is 1.54. The molecule has 0 atom stereocenters. The van der Waals surface area contributed by atoms with Crippen molar-refractivity contribution in [2.45, 2.75) is 0 Å². The van der Waals surface area contributed by atoms with E-state index in [1.807, 2.05) is 0 Å². The Hall–Kier alpha value is 0.953. The van der Waals surface area contributed by atoms with Gasteiger partial charge in [-0.3, -0.25) is 0 Å². The van der Waals surface area contributed by atoms with Crippen molar-refractivity contribution in [1.29, 1.82) is 0 Å². The molecule has 0 amide bonds. The Balaban J connectivity index is -0.0000000655. The van der Waals surface area contributed by atoms with E-state index in [1.165, 1.54) is 0 Å². The van der Waals surface area contributed by atoms with Crippen molar-refractivity contribution in [2.75, 3.05) is 0 Å². The molecular formula is H9O12P3Ru. The Bertz CT molecular complexity index is 202. The van der Waals surface area contributed by atoms with E-state index in [0.717, 1.165) is 0 Å². The molecule has 104 valence electrons. The Kier molecular flexibility index (Phi) is 16.0. The van der Waals surface area contributed by atoms with Gasteiger partial charge in [0.15, 0.2) is 0 Å². The quantitative estimate of drug-likeness (QED) is 0.150. The smallest absolute Gasteiger partial charge is 0.303 e. The van der Waals surface area contributed by atoms with Crippen LogP contribution in [0.5, 0.6) is 0 Å². The molecule has 0 heterocycles. The van der Waals surface area contributed by atoms with Gasteiger partial charge in [0.1, 0.15) is 0 Å². The summed E-state index contributed by atoms with van der Waals surface area (Å²) in [6.07, 6.45) is 0. The van der Waals surface area contributed by atoms with Crippen molar-refractivity contribution in [1.82, 2.24) is 0 Å². The molecule has 9 N–H and O–H groups in total. The normalized spacial score (nSPS) is 11.1.